The molecule has 0 aliphatic carbocycles. The third kappa shape index (κ3) is 4.53. The van der Waals surface area contributed by atoms with Crippen LogP contribution in [0.5, 0.6) is 0 Å². The van der Waals surface area contributed by atoms with Crippen LogP contribution in [0, 0.1) is 12.7 Å². The minimum absolute atomic E-state index is 0.206. The molecule has 4 rings (SSSR count). The van der Waals surface area contributed by atoms with Gasteiger partial charge in [0.05, 0.1) is 12.2 Å². The fraction of sp³-hybridized carbons (Fsp3) is 0.261. The van der Waals surface area contributed by atoms with Crippen molar-refractivity contribution in [2.75, 3.05) is 13.1 Å². The molecule has 4 nitrogen and oxygen atoms in total. The Morgan fingerprint density at radius 1 is 1.10 bits per heavy atom. The van der Waals surface area contributed by atoms with Crippen molar-refractivity contribution < 1.29 is 4.39 Å². The number of hydrogen-bond donors (Lipinski definition) is 1. The highest BCUT2D eigenvalue weighted by Gasteiger charge is 2.19. The zero-order chi connectivity index (χ0) is 21.3. The fourth-order valence-corrected chi connectivity index (χ4v) is 4.14. The molecule has 2 aromatic carbocycles. The van der Waals surface area contributed by atoms with Gasteiger partial charge in [-0.2, -0.15) is 0 Å². The maximum Gasteiger partial charge on any atom is 0.285 e. The van der Waals surface area contributed by atoms with Crippen molar-refractivity contribution in [3.05, 3.63) is 97.1 Å². The summed E-state index contributed by atoms with van der Waals surface area (Å²) in [6, 6.07) is 12.0. The van der Waals surface area contributed by atoms with Gasteiger partial charge in [0.15, 0.2) is 0 Å². The average Bonchev–Trinajstić information content (AvgIpc) is 3.00. The fourth-order valence-electron chi connectivity index (χ4n) is 3.76. The lowest BCUT2D eigenvalue weighted by Gasteiger charge is -2.26. The van der Waals surface area contributed by atoms with E-state index in [0.29, 0.717) is 18.8 Å². The molecule has 0 spiro atoms. The first kappa shape index (κ1) is 20.9. The van der Waals surface area contributed by atoms with E-state index in [1.807, 2.05) is 18.2 Å². The van der Waals surface area contributed by atoms with Crippen LogP contribution in [0.4, 0.5) is 4.39 Å². The third-order valence-electron chi connectivity index (χ3n) is 5.44. The standard InChI is InChI=1S/C23H22Cl2FN3O/c1-15-2-5-18(24)12-20(15)17-8-10-28(11-9-17)14-21-22(25)23(30)29(27-21)13-16-3-6-19(26)7-4-16/h2-8,12,27H,9-11,13-14H2,1H3. The van der Waals surface area contributed by atoms with E-state index in [2.05, 4.69) is 23.0 Å². The molecule has 1 aliphatic rings. The summed E-state index contributed by atoms with van der Waals surface area (Å²) in [5, 5.41) is 4.07. The topological polar surface area (TPSA) is 41.0 Å². The molecular formula is C23H22Cl2FN3O. The second-order valence-electron chi connectivity index (χ2n) is 7.60. The van der Waals surface area contributed by atoms with Crippen LogP contribution in [0.25, 0.3) is 5.57 Å². The summed E-state index contributed by atoms with van der Waals surface area (Å²) in [5.74, 6) is -0.304. The Hall–Kier alpha value is -2.34. The molecule has 0 saturated heterocycles. The molecule has 0 amide bonds. The summed E-state index contributed by atoms with van der Waals surface area (Å²) in [7, 11) is 0. The van der Waals surface area contributed by atoms with Crippen LogP contribution >= 0.6 is 23.2 Å². The number of rotatable bonds is 5. The molecule has 156 valence electrons. The predicted molar refractivity (Wildman–Crippen MR) is 120 cm³/mol. The smallest absolute Gasteiger partial charge is 0.285 e. The summed E-state index contributed by atoms with van der Waals surface area (Å²) in [6.45, 7) is 4.59. The lowest BCUT2D eigenvalue weighted by Crippen LogP contribution is -2.28. The zero-order valence-electron chi connectivity index (χ0n) is 16.6. The van der Waals surface area contributed by atoms with Crippen molar-refractivity contribution in [3.8, 4) is 0 Å². The SMILES string of the molecule is Cc1ccc(Cl)cc1C1=CCN(Cc2[nH]n(Cc3ccc(F)cc3)c(=O)c2Cl)CC1. The number of aromatic amines is 1. The normalized spacial score (nSPS) is 14.7. The van der Waals surface area contributed by atoms with Crippen LogP contribution in [0.2, 0.25) is 10.0 Å². The van der Waals surface area contributed by atoms with E-state index in [1.54, 1.807) is 12.1 Å². The highest BCUT2D eigenvalue weighted by atomic mass is 35.5. The summed E-state index contributed by atoms with van der Waals surface area (Å²) < 4.78 is 14.6. The molecule has 30 heavy (non-hydrogen) atoms. The number of H-pyrrole nitrogens is 1. The van der Waals surface area contributed by atoms with Gasteiger partial charge in [0, 0.05) is 24.7 Å². The Labute approximate surface area is 184 Å². The van der Waals surface area contributed by atoms with Gasteiger partial charge in [-0.25, -0.2) is 9.07 Å². The molecule has 1 N–H and O–H groups in total. The summed E-state index contributed by atoms with van der Waals surface area (Å²) >= 11 is 12.5. The van der Waals surface area contributed by atoms with Gasteiger partial charge in [-0.15, -0.1) is 0 Å². The van der Waals surface area contributed by atoms with Crippen LogP contribution in [0.3, 0.4) is 0 Å². The van der Waals surface area contributed by atoms with E-state index in [9.17, 15) is 9.18 Å². The molecular weight excluding hydrogens is 424 g/mol. The second kappa shape index (κ2) is 8.80. The Kier molecular flexibility index (Phi) is 6.14. The Morgan fingerprint density at radius 3 is 2.57 bits per heavy atom. The van der Waals surface area contributed by atoms with Gasteiger partial charge in [-0.05, 0) is 59.9 Å². The van der Waals surface area contributed by atoms with E-state index in [4.69, 9.17) is 23.2 Å². The number of halogens is 3. The quantitative estimate of drug-likeness (QED) is 0.580. The van der Waals surface area contributed by atoms with E-state index in [0.717, 1.165) is 30.1 Å². The number of aryl methyl sites for hydroxylation is 1. The first-order valence-electron chi connectivity index (χ1n) is 9.80. The number of aromatic nitrogens is 2. The number of hydrogen-bond acceptors (Lipinski definition) is 2. The molecule has 0 fully saturated rings. The lowest BCUT2D eigenvalue weighted by molar-refractivity contribution is 0.289. The molecule has 0 atom stereocenters. The summed E-state index contributed by atoms with van der Waals surface area (Å²) in [5.41, 5.74) is 4.95. The Bertz CT molecular complexity index is 1150. The average molecular weight is 446 g/mol. The maximum atomic E-state index is 13.1. The molecule has 0 saturated carbocycles. The summed E-state index contributed by atoms with van der Waals surface area (Å²) in [4.78, 5) is 14.7. The first-order valence-corrected chi connectivity index (χ1v) is 10.6. The summed E-state index contributed by atoms with van der Waals surface area (Å²) in [6.07, 6.45) is 3.11. The monoisotopic (exact) mass is 445 g/mol. The van der Waals surface area contributed by atoms with Gasteiger partial charge >= 0.3 is 0 Å². The number of benzene rings is 2. The molecule has 3 aromatic rings. The van der Waals surface area contributed by atoms with Crippen LogP contribution in [-0.2, 0) is 13.1 Å². The van der Waals surface area contributed by atoms with Crippen LogP contribution < -0.4 is 5.56 Å². The third-order valence-corrected chi connectivity index (χ3v) is 6.07. The van der Waals surface area contributed by atoms with Gasteiger partial charge in [0.2, 0.25) is 0 Å². The maximum absolute atomic E-state index is 13.1. The molecule has 7 heteroatoms. The van der Waals surface area contributed by atoms with Crippen molar-refractivity contribution >= 4 is 28.8 Å². The van der Waals surface area contributed by atoms with E-state index < -0.39 is 0 Å². The van der Waals surface area contributed by atoms with Gasteiger partial charge < -0.3 is 0 Å². The van der Waals surface area contributed by atoms with Gasteiger partial charge in [-0.1, -0.05) is 47.5 Å². The van der Waals surface area contributed by atoms with Crippen LogP contribution in [0.1, 0.15) is 28.8 Å². The van der Waals surface area contributed by atoms with Gasteiger partial charge in [0.1, 0.15) is 10.8 Å². The first-order chi connectivity index (χ1) is 14.4. The Balaban J connectivity index is 1.46. The molecule has 0 unspecified atom stereocenters. The van der Waals surface area contributed by atoms with E-state index in [1.165, 1.54) is 33.5 Å². The van der Waals surface area contributed by atoms with Crippen molar-refractivity contribution in [1.29, 1.82) is 0 Å². The van der Waals surface area contributed by atoms with Crippen LogP contribution in [0.15, 0.2) is 53.3 Å². The van der Waals surface area contributed by atoms with Crippen molar-refractivity contribution in [2.45, 2.75) is 26.4 Å². The molecule has 1 aromatic heterocycles. The molecule has 1 aliphatic heterocycles. The van der Waals surface area contributed by atoms with Crippen LogP contribution in [-0.4, -0.2) is 27.8 Å². The molecule has 2 heterocycles. The molecule has 0 bridgehead atoms. The largest absolute Gasteiger partial charge is 0.297 e. The minimum atomic E-state index is -0.304. The minimum Gasteiger partial charge on any atom is -0.297 e. The van der Waals surface area contributed by atoms with Crippen molar-refractivity contribution in [1.82, 2.24) is 14.7 Å². The van der Waals surface area contributed by atoms with Gasteiger partial charge in [-0.3, -0.25) is 14.8 Å². The zero-order valence-corrected chi connectivity index (χ0v) is 18.1. The lowest BCUT2D eigenvalue weighted by atomic mass is 9.95. The number of nitrogens with zero attached hydrogens (tertiary/aromatic N) is 2. The van der Waals surface area contributed by atoms with E-state index >= 15 is 0 Å². The highest BCUT2D eigenvalue weighted by molar-refractivity contribution is 6.31. The van der Waals surface area contributed by atoms with Crippen molar-refractivity contribution in [2.24, 2.45) is 0 Å². The predicted octanol–water partition coefficient (Wildman–Crippen LogP) is 5.27. The number of nitrogens with one attached hydrogen (secondary N) is 1. The molecule has 0 radical (unpaired) electrons. The second-order valence-corrected chi connectivity index (χ2v) is 8.41. The van der Waals surface area contributed by atoms with Gasteiger partial charge in [0.25, 0.3) is 5.56 Å². The Morgan fingerprint density at radius 2 is 1.87 bits per heavy atom. The van der Waals surface area contributed by atoms with Crippen molar-refractivity contribution in [3.63, 3.8) is 0 Å². The van der Waals surface area contributed by atoms with E-state index in [-0.39, 0.29) is 16.4 Å². The highest BCUT2D eigenvalue weighted by Crippen LogP contribution is 2.28.